The molecule has 3 rings (SSSR count). The molecule has 2 heteroatoms. The van der Waals surface area contributed by atoms with E-state index in [1.807, 2.05) is 12.1 Å². The van der Waals surface area contributed by atoms with E-state index in [2.05, 4.69) is 53.4 Å². The van der Waals surface area contributed by atoms with Gasteiger partial charge in [0, 0.05) is 19.1 Å². The van der Waals surface area contributed by atoms with Crippen molar-refractivity contribution in [3.05, 3.63) is 71.8 Å². The minimum absolute atomic E-state index is 0.164. The summed E-state index contributed by atoms with van der Waals surface area (Å²) < 4.78 is 0. The Morgan fingerprint density at radius 1 is 0.800 bits per heavy atom. The van der Waals surface area contributed by atoms with Gasteiger partial charge in [-0.15, -0.1) is 0 Å². The molecule has 2 aromatic carbocycles. The molecule has 0 aliphatic heterocycles. The van der Waals surface area contributed by atoms with Crippen molar-refractivity contribution in [1.29, 1.82) is 0 Å². The highest BCUT2D eigenvalue weighted by atomic mass is 16.3. The molecule has 0 saturated heterocycles. The maximum absolute atomic E-state index is 9.99. The number of aliphatic hydroxyl groups excluding tert-OH is 1. The lowest BCUT2D eigenvalue weighted by atomic mass is 9.87. The zero-order valence-corrected chi connectivity index (χ0v) is 11.7. The molecule has 0 bridgehead atoms. The van der Waals surface area contributed by atoms with E-state index in [4.69, 9.17) is 0 Å². The van der Waals surface area contributed by atoms with Crippen LogP contribution in [0.25, 0.3) is 0 Å². The van der Waals surface area contributed by atoms with E-state index in [-0.39, 0.29) is 6.10 Å². The van der Waals surface area contributed by atoms with Crippen molar-refractivity contribution in [1.82, 2.24) is 4.90 Å². The maximum Gasteiger partial charge on any atom is 0.0696 e. The predicted octanol–water partition coefficient (Wildman–Crippen LogP) is 3.21. The van der Waals surface area contributed by atoms with Crippen LogP contribution in [0.4, 0.5) is 0 Å². The molecule has 1 N–H and O–H groups in total. The third-order valence-electron chi connectivity index (χ3n) is 4.13. The quantitative estimate of drug-likeness (QED) is 0.899. The summed E-state index contributed by atoms with van der Waals surface area (Å²) in [6.45, 7) is 1.80. The standard InChI is InChI=1S/C18H21NO/c20-18-12-11-17(18)19(13-15-7-3-1-4-8-15)14-16-9-5-2-6-10-16/h1-10,17-18,20H,11-14H2/t17?,18-/m1/s1. The summed E-state index contributed by atoms with van der Waals surface area (Å²) >= 11 is 0. The van der Waals surface area contributed by atoms with Crippen LogP contribution >= 0.6 is 0 Å². The maximum atomic E-state index is 9.99. The van der Waals surface area contributed by atoms with Gasteiger partial charge in [0.2, 0.25) is 0 Å². The van der Waals surface area contributed by atoms with Crippen molar-refractivity contribution in [3.8, 4) is 0 Å². The van der Waals surface area contributed by atoms with Crippen LogP contribution in [0.5, 0.6) is 0 Å². The molecular formula is C18H21NO. The van der Waals surface area contributed by atoms with Gasteiger partial charge >= 0.3 is 0 Å². The highest BCUT2D eigenvalue weighted by Gasteiger charge is 2.33. The average Bonchev–Trinajstić information content (AvgIpc) is 2.48. The molecule has 0 radical (unpaired) electrons. The topological polar surface area (TPSA) is 23.5 Å². The molecule has 0 spiro atoms. The molecule has 2 nitrogen and oxygen atoms in total. The molecule has 1 aliphatic carbocycles. The van der Waals surface area contributed by atoms with E-state index in [1.54, 1.807) is 0 Å². The lowest BCUT2D eigenvalue weighted by Crippen LogP contribution is -2.49. The largest absolute Gasteiger partial charge is 0.391 e. The molecular weight excluding hydrogens is 246 g/mol. The Labute approximate surface area is 120 Å². The zero-order valence-electron chi connectivity index (χ0n) is 11.7. The van der Waals surface area contributed by atoms with E-state index in [9.17, 15) is 5.11 Å². The molecule has 2 aromatic rings. The van der Waals surface area contributed by atoms with Gasteiger partial charge in [0.25, 0.3) is 0 Å². The smallest absolute Gasteiger partial charge is 0.0696 e. The number of rotatable bonds is 5. The Balaban J connectivity index is 1.74. The van der Waals surface area contributed by atoms with Crippen LogP contribution in [0.3, 0.4) is 0 Å². The molecule has 1 fully saturated rings. The molecule has 0 heterocycles. The Morgan fingerprint density at radius 3 is 1.65 bits per heavy atom. The first kappa shape index (κ1) is 13.3. The van der Waals surface area contributed by atoms with Gasteiger partial charge in [-0.2, -0.15) is 0 Å². The van der Waals surface area contributed by atoms with Crippen LogP contribution in [0.2, 0.25) is 0 Å². The Kier molecular flexibility index (Phi) is 4.14. The molecule has 1 saturated carbocycles. The van der Waals surface area contributed by atoms with E-state index in [0.29, 0.717) is 6.04 Å². The molecule has 1 aliphatic rings. The van der Waals surface area contributed by atoms with E-state index >= 15 is 0 Å². The van der Waals surface area contributed by atoms with Crippen molar-refractivity contribution < 1.29 is 5.11 Å². The number of benzene rings is 2. The predicted molar refractivity (Wildman–Crippen MR) is 81.2 cm³/mol. The van der Waals surface area contributed by atoms with Gasteiger partial charge < -0.3 is 5.11 Å². The Morgan fingerprint density at radius 2 is 1.30 bits per heavy atom. The van der Waals surface area contributed by atoms with Gasteiger partial charge in [0.05, 0.1) is 6.10 Å². The van der Waals surface area contributed by atoms with Gasteiger partial charge in [-0.1, -0.05) is 60.7 Å². The molecule has 0 aromatic heterocycles. The summed E-state index contributed by atoms with van der Waals surface area (Å²) in [5.74, 6) is 0. The van der Waals surface area contributed by atoms with E-state index in [1.165, 1.54) is 11.1 Å². The van der Waals surface area contributed by atoms with Crippen LogP contribution in [0.1, 0.15) is 24.0 Å². The third kappa shape index (κ3) is 3.09. The fourth-order valence-electron chi connectivity index (χ4n) is 2.82. The minimum atomic E-state index is -0.164. The van der Waals surface area contributed by atoms with Gasteiger partial charge in [0.15, 0.2) is 0 Å². The first-order chi connectivity index (χ1) is 9.83. The molecule has 104 valence electrons. The van der Waals surface area contributed by atoms with Crippen molar-refractivity contribution in [3.63, 3.8) is 0 Å². The summed E-state index contributed by atoms with van der Waals surface area (Å²) in [7, 11) is 0. The monoisotopic (exact) mass is 267 g/mol. The summed E-state index contributed by atoms with van der Waals surface area (Å²) in [6.07, 6.45) is 1.87. The van der Waals surface area contributed by atoms with Gasteiger partial charge in [-0.25, -0.2) is 0 Å². The molecule has 20 heavy (non-hydrogen) atoms. The van der Waals surface area contributed by atoms with E-state index < -0.39 is 0 Å². The fraction of sp³-hybridized carbons (Fsp3) is 0.333. The second kappa shape index (κ2) is 6.21. The molecule has 0 amide bonds. The van der Waals surface area contributed by atoms with Crippen molar-refractivity contribution >= 4 is 0 Å². The second-order valence-electron chi connectivity index (χ2n) is 5.59. The lowest BCUT2D eigenvalue weighted by Gasteiger charge is -2.41. The number of aliphatic hydroxyl groups is 1. The summed E-state index contributed by atoms with van der Waals surface area (Å²) in [5.41, 5.74) is 2.62. The number of nitrogens with zero attached hydrogens (tertiary/aromatic N) is 1. The molecule has 2 atom stereocenters. The number of hydrogen-bond donors (Lipinski definition) is 1. The van der Waals surface area contributed by atoms with Gasteiger partial charge in [-0.3, -0.25) is 4.90 Å². The zero-order chi connectivity index (χ0) is 13.8. The molecule has 1 unspecified atom stereocenters. The third-order valence-corrected chi connectivity index (χ3v) is 4.13. The van der Waals surface area contributed by atoms with Crippen molar-refractivity contribution in [2.45, 2.75) is 38.1 Å². The normalized spacial score (nSPS) is 21.7. The van der Waals surface area contributed by atoms with Gasteiger partial charge in [0.1, 0.15) is 0 Å². The van der Waals surface area contributed by atoms with Crippen LogP contribution in [-0.2, 0) is 13.1 Å². The average molecular weight is 267 g/mol. The summed E-state index contributed by atoms with van der Waals surface area (Å²) in [6, 6.07) is 21.3. The lowest BCUT2D eigenvalue weighted by molar-refractivity contribution is -0.0288. The van der Waals surface area contributed by atoms with Crippen LogP contribution in [0, 0.1) is 0 Å². The van der Waals surface area contributed by atoms with Crippen LogP contribution in [0.15, 0.2) is 60.7 Å². The first-order valence-corrected chi connectivity index (χ1v) is 7.33. The number of hydrogen-bond acceptors (Lipinski definition) is 2. The first-order valence-electron chi connectivity index (χ1n) is 7.33. The van der Waals surface area contributed by atoms with Crippen LogP contribution in [-0.4, -0.2) is 22.2 Å². The second-order valence-corrected chi connectivity index (χ2v) is 5.59. The van der Waals surface area contributed by atoms with E-state index in [0.717, 1.165) is 25.9 Å². The fourth-order valence-corrected chi connectivity index (χ4v) is 2.82. The van der Waals surface area contributed by atoms with Gasteiger partial charge in [-0.05, 0) is 24.0 Å². The van der Waals surface area contributed by atoms with Crippen LogP contribution < -0.4 is 0 Å². The minimum Gasteiger partial charge on any atom is -0.391 e. The summed E-state index contributed by atoms with van der Waals surface area (Å²) in [5, 5.41) is 9.99. The Bertz CT molecular complexity index is 484. The SMILES string of the molecule is O[C@@H]1CCC1N(Cc1ccccc1)Cc1ccccc1. The van der Waals surface area contributed by atoms with Crippen molar-refractivity contribution in [2.75, 3.05) is 0 Å². The Hall–Kier alpha value is -1.64. The summed E-state index contributed by atoms with van der Waals surface area (Å²) in [4.78, 5) is 2.40. The highest BCUT2D eigenvalue weighted by molar-refractivity contribution is 5.17. The highest BCUT2D eigenvalue weighted by Crippen LogP contribution is 2.28. The van der Waals surface area contributed by atoms with Crippen molar-refractivity contribution in [2.24, 2.45) is 0 Å².